The molecule has 1 aliphatic rings. The van der Waals surface area contributed by atoms with Crippen molar-refractivity contribution in [3.05, 3.63) is 127 Å². The molecule has 0 aliphatic carbocycles. The molecule has 1 aromatic heterocycles. The second-order valence-corrected chi connectivity index (χ2v) is 17.5. The maximum atomic E-state index is 14.7. The number of nitrogens with zero attached hydrogens (tertiary/aromatic N) is 4. The Morgan fingerprint density at radius 3 is 1.96 bits per heavy atom. The highest BCUT2D eigenvalue weighted by molar-refractivity contribution is 6.99. The van der Waals surface area contributed by atoms with E-state index in [1.807, 2.05) is 86.8 Å². The number of rotatable bonds is 10. The van der Waals surface area contributed by atoms with Gasteiger partial charge in [0.05, 0.1) is 25.8 Å². The maximum Gasteiger partial charge on any atom is 0.331 e. The van der Waals surface area contributed by atoms with Crippen molar-refractivity contribution in [1.82, 2.24) is 9.97 Å². The molecule has 48 heavy (non-hydrogen) atoms. The number of ether oxygens (including phenoxy) is 1. The first-order valence-electron chi connectivity index (χ1n) is 16.3. The molecule has 0 fully saturated rings. The first-order valence-corrected chi connectivity index (χ1v) is 18.3. The summed E-state index contributed by atoms with van der Waals surface area (Å²) < 4.78 is 12.7. The van der Waals surface area contributed by atoms with Gasteiger partial charge in [-0.05, 0) is 65.7 Å². The summed E-state index contributed by atoms with van der Waals surface area (Å²) in [6, 6.07) is 37.6. The van der Waals surface area contributed by atoms with Gasteiger partial charge in [-0.3, -0.25) is 9.80 Å². The molecular weight excluding hydrogens is 615 g/mol. The van der Waals surface area contributed by atoms with E-state index in [9.17, 15) is 4.79 Å². The lowest BCUT2D eigenvalue weighted by atomic mass is 10.0. The third-order valence-electron chi connectivity index (χ3n) is 9.05. The Morgan fingerprint density at radius 2 is 1.42 bits per heavy atom. The zero-order valence-corrected chi connectivity index (χ0v) is 29.4. The summed E-state index contributed by atoms with van der Waals surface area (Å²) in [5.74, 6) is 1.72. The number of nitrogens with one attached hydrogen (secondary N) is 1. The van der Waals surface area contributed by atoms with Gasteiger partial charge in [0.1, 0.15) is 11.6 Å². The van der Waals surface area contributed by atoms with Crippen molar-refractivity contribution in [2.45, 2.75) is 51.7 Å². The number of hydrogen-bond donors (Lipinski definition) is 1. The van der Waals surface area contributed by atoms with Crippen molar-refractivity contribution in [2.75, 3.05) is 28.8 Å². The van der Waals surface area contributed by atoms with E-state index in [0.29, 0.717) is 18.4 Å². The van der Waals surface area contributed by atoms with Crippen LogP contribution in [-0.2, 0) is 4.43 Å². The molecule has 5 aromatic rings. The normalized spacial score (nSPS) is 15.5. The van der Waals surface area contributed by atoms with Crippen LogP contribution < -0.4 is 30.2 Å². The van der Waals surface area contributed by atoms with Crippen LogP contribution >= 0.6 is 0 Å². The molecule has 8 nitrogen and oxygen atoms in total. The molecule has 9 heteroatoms. The summed E-state index contributed by atoms with van der Waals surface area (Å²) in [6.45, 7) is 11.1. The minimum absolute atomic E-state index is 0.178. The molecule has 0 saturated heterocycles. The number of methoxy groups -OCH3 is 1. The summed E-state index contributed by atoms with van der Waals surface area (Å²) in [7, 11) is -1.23. The number of fused-ring (bicyclic) bond motifs is 1. The third kappa shape index (κ3) is 6.19. The van der Waals surface area contributed by atoms with Gasteiger partial charge in [0.15, 0.2) is 0 Å². The quantitative estimate of drug-likeness (QED) is 0.155. The SMILES string of the molecule is COc1ccc(N2C(=O)N([C@H](C)CO[Si](c3ccccc3)(c3ccccc3)C(C)(C)C)c3nc(Nc4ccccc4)ncc3[C@H]2C)cc1. The molecule has 0 saturated carbocycles. The number of aromatic nitrogens is 2. The van der Waals surface area contributed by atoms with Crippen molar-refractivity contribution < 1.29 is 14.0 Å². The fourth-order valence-electron chi connectivity index (χ4n) is 6.65. The monoisotopic (exact) mass is 657 g/mol. The largest absolute Gasteiger partial charge is 0.497 e. The Bertz CT molecular complexity index is 1790. The number of amides is 2. The highest BCUT2D eigenvalue weighted by atomic mass is 28.4. The van der Waals surface area contributed by atoms with E-state index in [-0.39, 0.29) is 23.2 Å². The van der Waals surface area contributed by atoms with E-state index in [1.165, 1.54) is 10.4 Å². The van der Waals surface area contributed by atoms with Gasteiger partial charge in [0.2, 0.25) is 5.95 Å². The molecule has 0 unspecified atom stereocenters. The molecule has 6 rings (SSSR count). The average Bonchev–Trinajstić information content (AvgIpc) is 3.09. The molecule has 0 radical (unpaired) electrons. The van der Waals surface area contributed by atoms with Gasteiger partial charge in [-0.1, -0.05) is 99.6 Å². The fraction of sp³-hybridized carbons (Fsp3) is 0.256. The molecule has 1 N–H and O–H groups in total. The number of carbonyl (C=O) groups excluding carboxylic acids is 1. The smallest absolute Gasteiger partial charge is 0.331 e. The van der Waals surface area contributed by atoms with Gasteiger partial charge in [-0.2, -0.15) is 4.98 Å². The summed E-state index contributed by atoms with van der Waals surface area (Å²) in [4.78, 5) is 27.9. The van der Waals surface area contributed by atoms with Crippen LogP contribution in [-0.4, -0.2) is 44.1 Å². The lowest BCUT2D eigenvalue weighted by molar-refractivity contribution is 0.235. The number of benzene rings is 4. The van der Waals surface area contributed by atoms with Crippen LogP contribution in [0.4, 0.5) is 27.9 Å². The van der Waals surface area contributed by atoms with Crippen molar-refractivity contribution >= 4 is 47.9 Å². The Hall–Kier alpha value is -4.99. The minimum Gasteiger partial charge on any atom is -0.497 e. The van der Waals surface area contributed by atoms with Crippen molar-refractivity contribution in [3.63, 3.8) is 0 Å². The number of carbonyl (C=O) groups is 1. The molecule has 2 amide bonds. The second-order valence-electron chi connectivity index (χ2n) is 13.2. The van der Waals surface area contributed by atoms with Gasteiger partial charge in [0.25, 0.3) is 8.32 Å². The maximum absolute atomic E-state index is 14.7. The summed E-state index contributed by atoms with van der Waals surface area (Å²) in [5.41, 5.74) is 2.47. The lowest BCUT2D eigenvalue weighted by Gasteiger charge is -2.46. The first kappa shape index (κ1) is 32.9. The number of hydrogen-bond acceptors (Lipinski definition) is 6. The van der Waals surface area contributed by atoms with Gasteiger partial charge in [-0.15, -0.1) is 0 Å². The number of urea groups is 1. The summed E-state index contributed by atoms with van der Waals surface area (Å²) in [6.07, 6.45) is 1.82. The van der Waals surface area contributed by atoms with E-state index in [1.54, 1.807) is 16.9 Å². The molecule has 2 atom stereocenters. The topological polar surface area (TPSA) is 79.8 Å². The average molecular weight is 658 g/mol. The lowest BCUT2D eigenvalue weighted by Crippen LogP contribution is -2.67. The van der Waals surface area contributed by atoms with Gasteiger partial charge in [-0.25, -0.2) is 9.78 Å². The molecule has 0 spiro atoms. The van der Waals surface area contributed by atoms with Gasteiger partial charge in [0, 0.05) is 23.1 Å². The summed E-state index contributed by atoms with van der Waals surface area (Å²) in [5, 5.41) is 5.47. The number of para-hydroxylation sites is 1. The zero-order valence-electron chi connectivity index (χ0n) is 28.4. The van der Waals surface area contributed by atoms with Crippen LogP contribution in [0.3, 0.4) is 0 Å². The zero-order chi connectivity index (χ0) is 33.9. The predicted molar refractivity (Wildman–Crippen MR) is 197 cm³/mol. The summed E-state index contributed by atoms with van der Waals surface area (Å²) >= 11 is 0. The number of anilines is 4. The van der Waals surface area contributed by atoms with Crippen LogP contribution in [0.5, 0.6) is 5.75 Å². The van der Waals surface area contributed by atoms with E-state index in [2.05, 4.69) is 79.6 Å². The molecule has 4 aromatic carbocycles. The highest BCUT2D eigenvalue weighted by Crippen LogP contribution is 2.41. The third-order valence-corrected chi connectivity index (χ3v) is 14.1. The van der Waals surface area contributed by atoms with Crippen LogP contribution in [0.1, 0.15) is 46.2 Å². The first-order chi connectivity index (χ1) is 23.1. The molecule has 2 heterocycles. The van der Waals surface area contributed by atoms with E-state index in [0.717, 1.165) is 22.7 Å². The molecule has 0 bridgehead atoms. The van der Waals surface area contributed by atoms with Crippen molar-refractivity contribution in [3.8, 4) is 5.75 Å². The van der Waals surface area contributed by atoms with E-state index >= 15 is 0 Å². The van der Waals surface area contributed by atoms with Crippen molar-refractivity contribution in [1.29, 1.82) is 0 Å². The minimum atomic E-state index is -2.87. The van der Waals surface area contributed by atoms with E-state index in [4.69, 9.17) is 14.1 Å². The Kier molecular flexibility index (Phi) is 9.35. The van der Waals surface area contributed by atoms with E-state index < -0.39 is 8.32 Å². The highest BCUT2D eigenvalue weighted by Gasteiger charge is 2.51. The second kappa shape index (κ2) is 13.6. The fourth-order valence-corrected chi connectivity index (χ4v) is 11.3. The van der Waals surface area contributed by atoms with Crippen molar-refractivity contribution in [2.24, 2.45) is 0 Å². The predicted octanol–water partition coefficient (Wildman–Crippen LogP) is 7.70. The van der Waals surface area contributed by atoms with Gasteiger partial charge < -0.3 is 14.5 Å². The standard InChI is InChI=1S/C39H43N5O3Si/c1-28(27-47-48(39(3,4)5,33-18-12-8-13-19-33)34-20-14-9-15-21-34)43-36-35(26-40-37(42-36)41-30-16-10-7-11-17-30)29(2)44(38(43)45)31-22-24-32(46-6)25-23-31/h7-26,28-29H,27H2,1-6H3,(H,40,41,42)/t28-,29-/m1/s1. The Balaban J connectivity index is 1.42. The van der Waals surface area contributed by atoms with Crippen LogP contribution in [0.25, 0.3) is 0 Å². The molecule has 246 valence electrons. The Labute approximate surface area is 284 Å². The van der Waals surface area contributed by atoms with Crippen LogP contribution in [0.15, 0.2) is 121 Å². The van der Waals surface area contributed by atoms with Crippen LogP contribution in [0, 0.1) is 0 Å². The Morgan fingerprint density at radius 1 is 0.854 bits per heavy atom. The van der Waals surface area contributed by atoms with Gasteiger partial charge >= 0.3 is 6.03 Å². The van der Waals surface area contributed by atoms with Crippen LogP contribution in [0.2, 0.25) is 5.04 Å². The molecule has 1 aliphatic heterocycles. The molecular formula is C39H43N5O3Si.